The molecule has 0 bridgehead atoms. The van der Waals surface area contributed by atoms with Crippen molar-refractivity contribution in [3.63, 3.8) is 0 Å². The maximum Gasteiger partial charge on any atom is 0.274 e. The van der Waals surface area contributed by atoms with Gasteiger partial charge in [-0.15, -0.1) is 0 Å². The monoisotopic (exact) mass is 390 g/mol. The van der Waals surface area contributed by atoms with E-state index in [1.54, 1.807) is 6.07 Å². The zero-order valence-corrected chi connectivity index (χ0v) is 16.3. The second-order valence-corrected chi connectivity index (χ2v) is 7.06. The van der Waals surface area contributed by atoms with Crippen LogP contribution in [0.4, 0.5) is 11.5 Å². The Labute approximate surface area is 169 Å². The summed E-state index contributed by atoms with van der Waals surface area (Å²) in [6.07, 6.45) is 1.37. The maximum absolute atomic E-state index is 12.5. The van der Waals surface area contributed by atoms with Gasteiger partial charge in [-0.3, -0.25) is 4.79 Å². The summed E-state index contributed by atoms with van der Waals surface area (Å²) >= 11 is 0. The quantitative estimate of drug-likeness (QED) is 0.656. The molecule has 1 aliphatic rings. The van der Waals surface area contributed by atoms with E-state index in [-0.39, 0.29) is 12.7 Å². The molecule has 29 heavy (non-hydrogen) atoms. The molecule has 0 spiro atoms. The maximum atomic E-state index is 12.5. The molecule has 7 heteroatoms. The highest BCUT2D eigenvalue weighted by Gasteiger charge is 2.13. The average molecular weight is 390 g/mol. The summed E-state index contributed by atoms with van der Waals surface area (Å²) < 4.78 is 10.7. The van der Waals surface area contributed by atoms with Gasteiger partial charge < -0.3 is 20.1 Å². The van der Waals surface area contributed by atoms with Crippen molar-refractivity contribution in [3.8, 4) is 11.5 Å². The number of rotatable bonds is 6. The van der Waals surface area contributed by atoms with Crippen LogP contribution in [-0.4, -0.2) is 22.7 Å². The summed E-state index contributed by atoms with van der Waals surface area (Å²) in [6.45, 7) is 5.04. The van der Waals surface area contributed by atoms with Crippen LogP contribution in [-0.2, 0) is 6.54 Å². The first-order valence-electron chi connectivity index (χ1n) is 9.44. The molecule has 0 aliphatic carbocycles. The van der Waals surface area contributed by atoms with Gasteiger partial charge in [-0.2, -0.15) is 0 Å². The third-order valence-electron chi connectivity index (χ3n) is 4.65. The molecule has 148 valence electrons. The van der Waals surface area contributed by atoms with E-state index in [0.29, 0.717) is 24.0 Å². The molecule has 2 aromatic carbocycles. The van der Waals surface area contributed by atoms with Crippen molar-refractivity contribution >= 4 is 17.4 Å². The second-order valence-electron chi connectivity index (χ2n) is 7.06. The zero-order chi connectivity index (χ0) is 20.2. The van der Waals surface area contributed by atoms with E-state index in [0.717, 1.165) is 22.7 Å². The van der Waals surface area contributed by atoms with Crippen LogP contribution in [0.25, 0.3) is 0 Å². The van der Waals surface area contributed by atoms with Gasteiger partial charge in [-0.1, -0.05) is 32.0 Å². The molecule has 3 aromatic rings. The number of hydrogen-bond acceptors (Lipinski definition) is 6. The highest BCUT2D eigenvalue weighted by atomic mass is 16.7. The predicted molar refractivity (Wildman–Crippen MR) is 110 cm³/mol. The summed E-state index contributed by atoms with van der Waals surface area (Å²) in [5.41, 5.74) is 3.26. The Morgan fingerprint density at radius 3 is 2.62 bits per heavy atom. The summed E-state index contributed by atoms with van der Waals surface area (Å²) in [5.74, 6) is 2.21. The van der Waals surface area contributed by atoms with Crippen molar-refractivity contribution in [1.82, 2.24) is 9.97 Å². The summed E-state index contributed by atoms with van der Waals surface area (Å²) in [4.78, 5) is 20.8. The molecule has 0 unspecified atom stereocenters. The fourth-order valence-electron chi connectivity index (χ4n) is 2.97. The molecule has 0 saturated carbocycles. The molecule has 0 atom stereocenters. The van der Waals surface area contributed by atoms with E-state index >= 15 is 0 Å². The number of nitrogens with zero attached hydrogens (tertiary/aromatic N) is 2. The minimum atomic E-state index is -0.282. The molecular weight excluding hydrogens is 368 g/mol. The number of anilines is 2. The summed E-state index contributed by atoms with van der Waals surface area (Å²) in [6, 6.07) is 15.2. The van der Waals surface area contributed by atoms with Crippen LogP contribution in [0.5, 0.6) is 11.5 Å². The third-order valence-corrected chi connectivity index (χ3v) is 4.65. The Hall–Kier alpha value is -3.61. The lowest BCUT2D eigenvalue weighted by atomic mass is 10.0. The van der Waals surface area contributed by atoms with E-state index < -0.39 is 0 Å². The minimum Gasteiger partial charge on any atom is -0.454 e. The molecule has 0 radical (unpaired) electrons. The van der Waals surface area contributed by atoms with E-state index in [1.807, 2.05) is 42.5 Å². The average Bonchev–Trinajstić information content (AvgIpc) is 3.21. The van der Waals surface area contributed by atoms with Gasteiger partial charge in [0.1, 0.15) is 17.8 Å². The largest absolute Gasteiger partial charge is 0.454 e. The van der Waals surface area contributed by atoms with Gasteiger partial charge >= 0.3 is 0 Å². The van der Waals surface area contributed by atoms with E-state index in [9.17, 15) is 4.79 Å². The molecule has 7 nitrogen and oxygen atoms in total. The SMILES string of the molecule is CC(C)c1ccc(NC(=O)c2cc(NCc3ccc4c(c3)OCO4)ncn2)cc1. The van der Waals surface area contributed by atoms with Gasteiger partial charge in [0.05, 0.1) is 0 Å². The number of ether oxygens (including phenoxy) is 2. The molecule has 0 saturated heterocycles. The van der Waals surface area contributed by atoms with Gasteiger partial charge in [-0.25, -0.2) is 9.97 Å². The molecular formula is C22H22N4O3. The molecule has 0 fully saturated rings. The lowest BCUT2D eigenvalue weighted by molar-refractivity contribution is 0.102. The number of nitrogens with one attached hydrogen (secondary N) is 2. The lowest BCUT2D eigenvalue weighted by Crippen LogP contribution is -2.14. The van der Waals surface area contributed by atoms with Gasteiger partial charge in [0.2, 0.25) is 6.79 Å². The Morgan fingerprint density at radius 1 is 1.03 bits per heavy atom. The molecule has 2 heterocycles. The topological polar surface area (TPSA) is 85.4 Å². The minimum absolute atomic E-state index is 0.247. The smallest absolute Gasteiger partial charge is 0.274 e. The van der Waals surface area contributed by atoms with Crippen LogP contribution in [0.1, 0.15) is 41.4 Å². The normalized spacial score (nSPS) is 12.1. The number of carbonyl (C=O) groups excluding carboxylic acids is 1. The third kappa shape index (κ3) is 4.45. The summed E-state index contributed by atoms with van der Waals surface area (Å²) in [5, 5.41) is 6.07. The van der Waals surface area contributed by atoms with Crippen molar-refractivity contribution in [2.75, 3.05) is 17.4 Å². The molecule has 1 amide bonds. The van der Waals surface area contributed by atoms with Crippen LogP contribution in [0.3, 0.4) is 0 Å². The standard InChI is InChI=1S/C22H22N4O3/c1-14(2)16-4-6-17(7-5-16)26-22(27)18-10-21(25-12-24-18)23-11-15-3-8-19-20(9-15)29-13-28-19/h3-10,12,14H,11,13H2,1-2H3,(H,26,27)(H,23,24,25). The predicted octanol–water partition coefficient (Wildman–Crippen LogP) is 4.19. The van der Waals surface area contributed by atoms with Crippen molar-refractivity contribution in [1.29, 1.82) is 0 Å². The van der Waals surface area contributed by atoms with E-state index in [4.69, 9.17) is 9.47 Å². The lowest BCUT2D eigenvalue weighted by Gasteiger charge is -2.09. The molecule has 1 aromatic heterocycles. The van der Waals surface area contributed by atoms with Crippen LogP contribution in [0, 0.1) is 0 Å². The van der Waals surface area contributed by atoms with Crippen LogP contribution in [0.2, 0.25) is 0 Å². The summed E-state index contributed by atoms with van der Waals surface area (Å²) in [7, 11) is 0. The first-order chi connectivity index (χ1) is 14.1. The Balaban J connectivity index is 1.39. The van der Waals surface area contributed by atoms with Crippen molar-refractivity contribution < 1.29 is 14.3 Å². The number of hydrogen-bond donors (Lipinski definition) is 2. The van der Waals surface area contributed by atoms with E-state index in [1.165, 1.54) is 11.9 Å². The Morgan fingerprint density at radius 2 is 1.83 bits per heavy atom. The highest BCUT2D eigenvalue weighted by Crippen LogP contribution is 2.32. The van der Waals surface area contributed by atoms with Crippen LogP contribution >= 0.6 is 0 Å². The first-order valence-corrected chi connectivity index (χ1v) is 9.44. The molecule has 1 aliphatic heterocycles. The molecule has 4 rings (SSSR count). The van der Waals surface area contributed by atoms with Gasteiger partial charge in [0.25, 0.3) is 5.91 Å². The molecule has 2 N–H and O–H groups in total. The van der Waals surface area contributed by atoms with Crippen molar-refractivity contribution in [3.05, 3.63) is 71.7 Å². The number of carbonyl (C=O) groups is 1. The fourth-order valence-corrected chi connectivity index (χ4v) is 2.97. The van der Waals surface area contributed by atoms with Gasteiger partial charge in [0, 0.05) is 18.3 Å². The van der Waals surface area contributed by atoms with Crippen molar-refractivity contribution in [2.24, 2.45) is 0 Å². The number of amides is 1. The fraction of sp³-hybridized carbons (Fsp3) is 0.227. The Bertz CT molecular complexity index is 1020. The van der Waals surface area contributed by atoms with E-state index in [2.05, 4.69) is 34.4 Å². The van der Waals surface area contributed by atoms with Crippen LogP contribution < -0.4 is 20.1 Å². The first kappa shape index (κ1) is 18.7. The number of aromatic nitrogens is 2. The highest BCUT2D eigenvalue weighted by molar-refractivity contribution is 6.03. The van der Waals surface area contributed by atoms with Gasteiger partial charge in [0.15, 0.2) is 11.5 Å². The Kier molecular flexibility index (Phi) is 5.29. The van der Waals surface area contributed by atoms with Crippen molar-refractivity contribution in [2.45, 2.75) is 26.3 Å². The van der Waals surface area contributed by atoms with Crippen LogP contribution in [0.15, 0.2) is 54.9 Å². The number of benzene rings is 2. The second kappa shape index (κ2) is 8.18. The number of fused-ring (bicyclic) bond motifs is 1. The zero-order valence-electron chi connectivity index (χ0n) is 16.3. The van der Waals surface area contributed by atoms with Gasteiger partial charge in [-0.05, 0) is 41.3 Å².